The van der Waals surface area contributed by atoms with Gasteiger partial charge in [-0.05, 0) is 23.3 Å². The fourth-order valence-corrected chi connectivity index (χ4v) is 2.57. The highest BCUT2D eigenvalue weighted by Gasteiger charge is 2.40. The second-order valence-electron chi connectivity index (χ2n) is 5.37. The third kappa shape index (κ3) is 1.53. The normalized spacial score (nSPS) is 39.1. The first-order valence-electron chi connectivity index (χ1n) is 5.11. The Morgan fingerprint density at radius 1 is 1.46 bits per heavy atom. The van der Waals surface area contributed by atoms with Crippen LogP contribution in [-0.4, -0.2) is 23.8 Å². The van der Waals surface area contributed by atoms with Gasteiger partial charge in [-0.2, -0.15) is 0 Å². The summed E-state index contributed by atoms with van der Waals surface area (Å²) in [7, 11) is 0. The Kier molecular flexibility index (Phi) is 2.00. The lowest BCUT2D eigenvalue weighted by molar-refractivity contribution is 0.210. The lowest BCUT2D eigenvalue weighted by atomic mass is 9.82. The van der Waals surface area contributed by atoms with Gasteiger partial charge in [0.1, 0.15) is 0 Å². The van der Waals surface area contributed by atoms with E-state index < -0.39 is 0 Å². The van der Waals surface area contributed by atoms with E-state index in [0.717, 1.165) is 13.0 Å². The van der Waals surface area contributed by atoms with Crippen LogP contribution in [0.3, 0.4) is 0 Å². The molecule has 0 aromatic carbocycles. The number of fused-ring (bicyclic) bond motifs is 1. The van der Waals surface area contributed by atoms with Gasteiger partial charge in [-0.15, -0.1) is 0 Å². The molecule has 1 fully saturated rings. The average molecular weight is 181 g/mol. The van der Waals surface area contributed by atoms with Crippen molar-refractivity contribution in [2.24, 2.45) is 11.3 Å². The highest BCUT2D eigenvalue weighted by Crippen LogP contribution is 2.39. The quantitative estimate of drug-likeness (QED) is 0.552. The summed E-state index contributed by atoms with van der Waals surface area (Å²) in [5.41, 5.74) is 1.71. The fourth-order valence-electron chi connectivity index (χ4n) is 2.57. The zero-order valence-corrected chi connectivity index (χ0v) is 8.67. The molecule has 0 radical (unpaired) electrons. The van der Waals surface area contributed by atoms with E-state index in [1.54, 1.807) is 0 Å². The molecule has 2 aliphatic rings. The lowest BCUT2D eigenvalue weighted by Gasteiger charge is -2.28. The SMILES string of the molecule is CC(C)(C)C1NC[C@@H]2C[C@@H](O)C=C12. The first-order valence-corrected chi connectivity index (χ1v) is 5.11. The monoisotopic (exact) mass is 181 g/mol. The fraction of sp³-hybridized carbons (Fsp3) is 0.818. The van der Waals surface area contributed by atoms with Gasteiger partial charge < -0.3 is 10.4 Å². The minimum atomic E-state index is -0.188. The highest BCUT2D eigenvalue weighted by atomic mass is 16.3. The Labute approximate surface area is 80.0 Å². The van der Waals surface area contributed by atoms with Gasteiger partial charge in [-0.1, -0.05) is 26.8 Å². The minimum absolute atomic E-state index is 0.188. The summed E-state index contributed by atoms with van der Waals surface area (Å²) < 4.78 is 0. The van der Waals surface area contributed by atoms with Crippen molar-refractivity contribution in [3.05, 3.63) is 11.6 Å². The molecular weight excluding hydrogens is 162 g/mol. The molecule has 0 saturated carbocycles. The molecular formula is C11H19NO. The molecule has 1 aliphatic carbocycles. The van der Waals surface area contributed by atoms with Crippen molar-refractivity contribution in [3.8, 4) is 0 Å². The van der Waals surface area contributed by atoms with Crippen molar-refractivity contribution in [1.82, 2.24) is 5.32 Å². The number of hydrogen-bond donors (Lipinski definition) is 2. The first kappa shape index (κ1) is 9.22. The van der Waals surface area contributed by atoms with E-state index in [4.69, 9.17) is 0 Å². The highest BCUT2D eigenvalue weighted by molar-refractivity contribution is 5.28. The molecule has 1 unspecified atom stereocenters. The molecule has 2 rings (SSSR count). The summed E-state index contributed by atoms with van der Waals surface area (Å²) in [6.07, 6.45) is 2.79. The molecule has 2 N–H and O–H groups in total. The van der Waals surface area contributed by atoms with Crippen LogP contribution in [0.4, 0.5) is 0 Å². The second kappa shape index (κ2) is 2.82. The van der Waals surface area contributed by atoms with Crippen molar-refractivity contribution in [1.29, 1.82) is 0 Å². The minimum Gasteiger partial charge on any atom is -0.389 e. The van der Waals surface area contributed by atoms with Crippen molar-refractivity contribution in [2.45, 2.75) is 39.3 Å². The molecule has 2 nitrogen and oxygen atoms in total. The second-order valence-corrected chi connectivity index (χ2v) is 5.37. The van der Waals surface area contributed by atoms with E-state index in [-0.39, 0.29) is 11.5 Å². The third-order valence-corrected chi connectivity index (χ3v) is 3.15. The summed E-state index contributed by atoms with van der Waals surface area (Å²) in [6, 6.07) is 0.467. The summed E-state index contributed by atoms with van der Waals surface area (Å²) in [5.74, 6) is 0.597. The smallest absolute Gasteiger partial charge is 0.0730 e. The molecule has 0 bridgehead atoms. The molecule has 1 heterocycles. The van der Waals surface area contributed by atoms with E-state index in [1.807, 2.05) is 0 Å². The largest absolute Gasteiger partial charge is 0.389 e. The molecule has 0 spiro atoms. The van der Waals surface area contributed by atoms with Gasteiger partial charge in [-0.25, -0.2) is 0 Å². The maximum Gasteiger partial charge on any atom is 0.0730 e. The van der Waals surface area contributed by atoms with Crippen LogP contribution in [0.15, 0.2) is 11.6 Å². The number of aliphatic hydroxyl groups excluding tert-OH is 1. The first-order chi connectivity index (χ1) is 5.98. The Hall–Kier alpha value is -0.340. The van der Waals surface area contributed by atoms with Gasteiger partial charge in [0.2, 0.25) is 0 Å². The van der Waals surface area contributed by atoms with Gasteiger partial charge in [0.25, 0.3) is 0 Å². The molecule has 0 aromatic heterocycles. The van der Waals surface area contributed by atoms with Crippen LogP contribution < -0.4 is 5.32 Å². The molecule has 13 heavy (non-hydrogen) atoms. The lowest BCUT2D eigenvalue weighted by Crippen LogP contribution is -2.36. The Morgan fingerprint density at radius 2 is 2.15 bits per heavy atom. The molecule has 1 aliphatic heterocycles. The predicted molar refractivity (Wildman–Crippen MR) is 53.4 cm³/mol. The van der Waals surface area contributed by atoms with Crippen LogP contribution in [0.5, 0.6) is 0 Å². The van der Waals surface area contributed by atoms with Gasteiger partial charge in [0, 0.05) is 12.6 Å². The van der Waals surface area contributed by atoms with Gasteiger partial charge in [0.05, 0.1) is 6.10 Å². The van der Waals surface area contributed by atoms with Crippen molar-refractivity contribution < 1.29 is 5.11 Å². The van der Waals surface area contributed by atoms with Crippen LogP contribution in [0.1, 0.15) is 27.2 Å². The van der Waals surface area contributed by atoms with Crippen LogP contribution in [0.2, 0.25) is 0 Å². The van der Waals surface area contributed by atoms with E-state index in [1.165, 1.54) is 5.57 Å². The number of hydrogen-bond acceptors (Lipinski definition) is 2. The van der Waals surface area contributed by atoms with E-state index in [9.17, 15) is 5.11 Å². The maximum absolute atomic E-state index is 9.51. The van der Waals surface area contributed by atoms with Crippen LogP contribution >= 0.6 is 0 Å². The number of nitrogens with one attached hydrogen (secondary N) is 1. The third-order valence-electron chi connectivity index (χ3n) is 3.15. The molecule has 3 atom stereocenters. The zero-order valence-electron chi connectivity index (χ0n) is 8.67. The molecule has 0 aromatic rings. The Balaban J connectivity index is 2.21. The summed E-state index contributed by atoms with van der Waals surface area (Å²) >= 11 is 0. The molecule has 2 heteroatoms. The van der Waals surface area contributed by atoms with Gasteiger partial charge in [-0.3, -0.25) is 0 Å². The Bertz CT molecular complexity index is 239. The van der Waals surface area contributed by atoms with E-state index in [0.29, 0.717) is 12.0 Å². The number of aliphatic hydroxyl groups is 1. The molecule has 74 valence electrons. The number of rotatable bonds is 0. The van der Waals surface area contributed by atoms with Crippen LogP contribution in [0.25, 0.3) is 0 Å². The molecule has 0 amide bonds. The standard InChI is InChI=1S/C11H19NO/c1-11(2,3)10-9-5-8(13)4-7(9)6-12-10/h5,7-8,10,12-13H,4,6H2,1-3H3/t7-,8+,10?/m0/s1. The van der Waals surface area contributed by atoms with E-state index >= 15 is 0 Å². The Morgan fingerprint density at radius 3 is 2.77 bits per heavy atom. The van der Waals surface area contributed by atoms with Crippen molar-refractivity contribution in [2.75, 3.05) is 6.54 Å². The van der Waals surface area contributed by atoms with Gasteiger partial charge in [0.15, 0.2) is 0 Å². The van der Waals surface area contributed by atoms with Crippen molar-refractivity contribution in [3.63, 3.8) is 0 Å². The van der Waals surface area contributed by atoms with Crippen LogP contribution in [0, 0.1) is 11.3 Å². The molecule has 1 saturated heterocycles. The average Bonchev–Trinajstić information content (AvgIpc) is 2.41. The van der Waals surface area contributed by atoms with Crippen molar-refractivity contribution >= 4 is 0 Å². The zero-order chi connectivity index (χ0) is 9.64. The predicted octanol–water partition coefficient (Wildman–Crippen LogP) is 1.31. The van der Waals surface area contributed by atoms with E-state index in [2.05, 4.69) is 32.2 Å². The topological polar surface area (TPSA) is 32.3 Å². The summed E-state index contributed by atoms with van der Waals surface area (Å²) in [6.45, 7) is 7.79. The van der Waals surface area contributed by atoms with Gasteiger partial charge >= 0.3 is 0 Å². The van der Waals surface area contributed by atoms with Crippen LogP contribution in [-0.2, 0) is 0 Å². The maximum atomic E-state index is 9.51. The summed E-state index contributed by atoms with van der Waals surface area (Å²) in [5, 5.41) is 13.1. The summed E-state index contributed by atoms with van der Waals surface area (Å²) in [4.78, 5) is 0.